The van der Waals surface area contributed by atoms with Gasteiger partial charge in [-0.1, -0.05) is 31.9 Å². The van der Waals surface area contributed by atoms with Crippen LogP contribution in [-0.4, -0.2) is 20.8 Å². The van der Waals surface area contributed by atoms with Gasteiger partial charge in [-0.25, -0.2) is 0 Å². The van der Waals surface area contributed by atoms with Crippen molar-refractivity contribution in [3.05, 3.63) is 11.9 Å². The van der Waals surface area contributed by atoms with Crippen LogP contribution in [0.3, 0.4) is 0 Å². The highest BCUT2D eigenvalue weighted by Crippen LogP contribution is 2.02. The van der Waals surface area contributed by atoms with Gasteiger partial charge in [-0.2, -0.15) is 0 Å². The molecule has 4 heteroatoms. The summed E-state index contributed by atoms with van der Waals surface area (Å²) >= 11 is 0. The Morgan fingerprint density at radius 1 is 1.38 bits per heavy atom. The summed E-state index contributed by atoms with van der Waals surface area (Å²) in [5, 5.41) is 8.11. The zero-order chi connectivity index (χ0) is 11.8. The zero-order valence-electron chi connectivity index (χ0n) is 10.3. The lowest BCUT2D eigenvalue weighted by Gasteiger charge is -1.97. The normalized spacial score (nSPS) is 10.6. The second kappa shape index (κ2) is 7.14. The first-order valence-corrected chi connectivity index (χ1v) is 6.17. The highest BCUT2D eigenvalue weighted by molar-refractivity contribution is 5.78. The van der Waals surface area contributed by atoms with Crippen LogP contribution in [0, 0.1) is 0 Å². The molecule has 0 radical (unpaired) electrons. The summed E-state index contributed by atoms with van der Waals surface area (Å²) in [6.07, 6.45) is 7.47. The van der Waals surface area contributed by atoms with Gasteiger partial charge >= 0.3 is 0 Å². The Bertz CT molecular complexity index is 320. The van der Waals surface area contributed by atoms with E-state index in [0.29, 0.717) is 18.6 Å². The van der Waals surface area contributed by atoms with Gasteiger partial charge in [0.2, 0.25) is 0 Å². The van der Waals surface area contributed by atoms with Crippen LogP contribution in [0.4, 0.5) is 0 Å². The van der Waals surface area contributed by atoms with Crippen molar-refractivity contribution in [2.45, 2.75) is 58.9 Å². The molecule has 1 rings (SSSR count). The van der Waals surface area contributed by atoms with E-state index in [1.54, 1.807) is 0 Å². The monoisotopic (exact) mass is 223 g/mol. The van der Waals surface area contributed by atoms with Gasteiger partial charge in [0, 0.05) is 25.6 Å². The third-order valence-corrected chi connectivity index (χ3v) is 2.63. The SMILES string of the molecule is CCCCCn1cc(CCC(=O)CC)nn1. The Morgan fingerprint density at radius 2 is 2.19 bits per heavy atom. The predicted molar refractivity (Wildman–Crippen MR) is 63.2 cm³/mol. The minimum absolute atomic E-state index is 0.292. The van der Waals surface area contributed by atoms with Crippen LogP contribution in [0.1, 0.15) is 51.6 Å². The fourth-order valence-corrected chi connectivity index (χ4v) is 1.53. The number of nitrogens with zero attached hydrogens (tertiary/aromatic N) is 3. The topological polar surface area (TPSA) is 47.8 Å². The van der Waals surface area contributed by atoms with Crippen molar-refractivity contribution in [1.29, 1.82) is 0 Å². The molecular weight excluding hydrogens is 202 g/mol. The lowest BCUT2D eigenvalue weighted by Crippen LogP contribution is -1.98. The molecular formula is C12H21N3O. The average Bonchev–Trinajstić information content (AvgIpc) is 2.74. The van der Waals surface area contributed by atoms with E-state index >= 15 is 0 Å². The summed E-state index contributed by atoms with van der Waals surface area (Å²) in [4.78, 5) is 11.1. The summed E-state index contributed by atoms with van der Waals surface area (Å²) in [7, 11) is 0. The number of Topliss-reactive ketones (excluding diaryl/α,β-unsaturated/α-hetero) is 1. The molecule has 0 aromatic carbocycles. The fraction of sp³-hybridized carbons (Fsp3) is 0.750. The van der Waals surface area contributed by atoms with Crippen LogP contribution in [0.5, 0.6) is 0 Å². The summed E-state index contributed by atoms with van der Waals surface area (Å²) in [5.74, 6) is 0.292. The van der Waals surface area contributed by atoms with E-state index in [2.05, 4.69) is 17.2 Å². The van der Waals surface area contributed by atoms with Gasteiger partial charge in [0.25, 0.3) is 0 Å². The van der Waals surface area contributed by atoms with E-state index < -0.39 is 0 Å². The van der Waals surface area contributed by atoms with Crippen LogP contribution in [0.25, 0.3) is 0 Å². The molecule has 0 unspecified atom stereocenters. The zero-order valence-corrected chi connectivity index (χ0v) is 10.3. The van der Waals surface area contributed by atoms with Gasteiger partial charge in [0.05, 0.1) is 5.69 Å². The van der Waals surface area contributed by atoms with Crippen LogP contribution >= 0.6 is 0 Å². The van der Waals surface area contributed by atoms with Crippen LogP contribution in [0.15, 0.2) is 6.20 Å². The number of ketones is 1. The molecule has 0 aliphatic rings. The van der Waals surface area contributed by atoms with Gasteiger partial charge in [-0.3, -0.25) is 9.48 Å². The Morgan fingerprint density at radius 3 is 2.88 bits per heavy atom. The lowest BCUT2D eigenvalue weighted by atomic mass is 10.1. The Kier molecular flexibility index (Phi) is 5.75. The standard InChI is InChI=1S/C12H21N3O/c1-3-5-6-9-15-10-11(13-14-15)7-8-12(16)4-2/h10H,3-9H2,1-2H3. The summed E-state index contributed by atoms with van der Waals surface area (Å²) in [6.45, 7) is 5.01. The van der Waals surface area contributed by atoms with E-state index in [1.165, 1.54) is 12.8 Å². The molecule has 1 heterocycles. The molecule has 0 amide bonds. The minimum atomic E-state index is 0.292. The van der Waals surface area contributed by atoms with Crippen LogP contribution < -0.4 is 0 Å². The second-order valence-corrected chi connectivity index (χ2v) is 4.07. The van der Waals surface area contributed by atoms with Gasteiger partial charge in [-0.15, -0.1) is 5.10 Å². The first-order chi connectivity index (χ1) is 7.76. The molecule has 0 atom stereocenters. The summed E-state index contributed by atoms with van der Waals surface area (Å²) in [5.41, 5.74) is 0.929. The highest BCUT2D eigenvalue weighted by atomic mass is 16.1. The Labute approximate surface area is 97.0 Å². The predicted octanol–water partition coefficient (Wildman–Crippen LogP) is 2.38. The number of carbonyl (C=O) groups is 1. The lowest BCUT2D eigenvalue weighted by molar-refractivity contribution is -0.118. The van der Waals surface area contributed by atoms with Crippen molar-refractivity contribution < 1.29 is 4.79 Å². The quantitative estimate of drug-likeness (QED) is 0.636. The second-order valence-electron chi connectivity index (χ2n) is 4.07. The highest BCUT2D eigenvalue weighted by Gasteiger charge is 2.03. The fourth-order valence-electron chi connectivity index (χ4n) is 1.53. The maximum Gasteiger partial charge on any atom is 0.133 e. The van der Waals surface area contributed by atoms with Crippen molar-refractivity contribution in [3.8, 4) is 0 Å². The number of aromatic nitrogens is 3. The van der Waals surface area contributed by atoms with E-state index in [1.807, 2.05) is 17.8 Å². The summed E-state index contributed by atoms with van der Waals surface area (Å²) < 4.78 is 1.88. The molecule has 0 spiro atoms. The number of aryl methyl sites for hydroxylation is 2. The van der Waals surface area contributed by atoms with Crippen LogP contribution in [-0.2, 0) is 17.8 Å². The molecule has 0 saturated heterocycles. The number of rotatable bonds is 8. The minimum Gasteiger partial charge on any atom is -0.300 e. The first-order valence-electron chi connectivity index (χ1n) is 6.17. The van der Waals surface area contributed by atoms with Gasteiger partial charge < -0.3 is 0 Å². The third-order valence-electron chi connectivity index (χ3n) is 2.63. The molecule has 1 aromatic rings. The smallest absolute Gasteiger partial charge is 0.133 e. The Hall–Kier alpha value is -1.19. The van der Waals surface area contributed by atoms with E-state index in [9.17, 15) is 4.79 Å². The van der Waals surface area contributed by atoms with Crippen molar-refractivity contribution in [2.24, 2.45) is 0 Å². The number of unbranched alkanes of at least 4 members (excludes halogenated alkanes) is 2. The third kappa shape index (κ3) is 4.55. The molecule has 0 bridgehead atoms. The molecule has 90 valence electrons. The van der Waals surface area contributed by atoms with Gasteiger partial charge in [-0.05, 0) is 12.8 Å². The molecule has 16 heavy (non-hydrogen) atoms. The molecule has 0 aliphatic carbocycles. The van der Waals surface area contributed by atoms with E-state index in [4.69, 9.17) is 0 Å². The van der Waals surface area contributed by atoms with Crippen molar-refractivity contribution in [3.63, 3.8) is 0 Å². The molecule has 0 fully saturated rings. The van der Waals surface area contributed by atoms with Crippen LogP contribution in [0.2, 0.25) is 0 Å². The molecule has 1 aromatic heterocycles. The van der Waals surface area contributed by atoms with Crippen molar-refractivity contribution >= 4 is 5.78 Å². The number of hydrogen-bond acceptors (Lipinski definition) is 3. The van der Waals surface area contributed by atoms with Gasteiger partial charge in [0.1, 0.15) is 5.78 Å². The van der Waals surface area contributed by atoms with E-state index in [0.717, 1.165) is 25.1 Å². The van der Waals surface area contributed by atoms with Gasteiger partial charge in [0.15, 0.2) is 0 Å². The van der Waals surface area contributed by atoms with Crippen molar-refractivity contribution in [2.75, 3.05) is 0 Å². The molecule has 4 nitrogen and oxygen atoms in total. The number of carbonyl (C=O) groups excluding carboxylic acids is 1. The molecule has 0 N–H and O–H groups in total. The number of hydrogen-bond donors (Lipinski definition) is 0. The maximum absolute atomic E-state index is 11.1. The Balaban J connectivity index is 2.30. The first kappa shape index (κ1) is 12.9. The maximum atomic E-state index is 11.1. The summed E-state index contributed by atoms with van der Waals surface area (Å²) in [6, 6.07) is 0. The molecule has 0 saturated carbocycles. The van der Waals surface area contributed by atoms with E-state index in [-0.39, 0.29) is 0 Å². The molecule has 0 aliphatic heterocycles. The largest absolute Gasteiger partial charge is 0.300 e. The average molecular weight is 223 g/mol. The van der Waals surface area contributed by atoms with Crippen molar-refractivity contribution in [1.82, 2.24) is 15.0 Å².